The van der Waals surface area contributed by atoms with Crippen LogP contribution >= 0.6 is 0 Å². The van der Waals surface area contributed by atoms with Gasteiger partial charge in [-0.25, -0.2) is 0 Å². The fourth-order valence-electron chi connectivity index (χ4n) is 0.467. The van der Waals surface area contributed by atoms with Gasteiger partial charge in [0.2, 0.25) is 0 Å². The molecule has 0 atom stereocenters. The third-order valence-electron chi connectivity index (χ3n) is 1.02. The van der Waals surface area contributed by atoms with Crippen molar-refractivity contribution in [3.8, 4) is 0 Å². The van der Waals surface area contributed by atoms with Crippen molar-refractivity contribution in [2.24, 2.45) is 0 Å². The summed E-state index contributed by atoms with van der Waals surface area (Å²) in [5, 5.41) is 2.89. The highest BCUT2D eigenvalue weighted by atomic mass is 16.5. The Kier molecular flexibility index (Phi) is 5.77. The van der Waals surface area contributed by atoms with Crippen molar-refractivity contribution in [3.63, 3.8) is 0 Å². The molecule has 0 aromatic rings. The van der Waals surface area contributed by atoms with Crippen LogP contribution < -0.4 is 5.32 Å². The number of rotatable bonds is 5. The molecule has 58 valence electrons. The van der Waals surface area contributed by atoms with Crippen LogP contribution in [0.2, 0.25) is 0 Å². The Hall–Kier alpha value is -0.830. The summed E-state index contributed by atoms with van der Waals surface area (Å²) in [7, 11) is 1.37. The number of ether oxygens (including phenoxy) is 1. The Morgan fingerprint density at radius 1 is 1.80 bits per heavy atom. The normalized spacial score (nSPS) is 8.90. The average Bonchev–Trinajstić information content (AvgIpc) is 1.98. The molecule has 0 spiro atoms. The first kappa shape index (κ1) is 9.17. The molecule has 0 fully saturated rings. The van der Waals surface area contributed by atoms with E-state index < -0.39 is 0 Å². The maximum Gasteiger partial charge on any atom is 0.319 e. The molecule has 0 rings (SSSR count). The second-order valence-electron chi connectivity index (χ2n) is 1.83. The maximum absolute atomic E-state index is 10.5. The molecule has 0 saturated carbocycles. The van der Waals surface area contributed by atoms with Gasteiger partial charge < -0.3 is 10.1 Å². The highest BCUT2D eigenvalue weighted by Crippen LogP contribution is 1.75. The largest absolute Gasteiger partial charge is 0.468 e. The van der Waals surface area contributed by atoms with Crippen molar-refractivity contribution in [2.45, 2.75) is 6.42 Å². The van der Waals surface area contributed by atoms with Gasteiger partial charge in [-0.15, -0.1) is 6.58 Å². The lowest BCUT2D eigenvalue weighted by molar-refractivity contribution is -0.139. The Bertz CT molecular complexity index is 112. The van der Waals surface area contributed by atoms with Crippen LogP contribution in [0.5, 0.6) is 0 Å². The first-order chi connectivity index (χ1) is 4.81. The van der Waals surface area contributed by atoms with E-state index in [2.05, 4.69) is 16.6 Å². The average molecular weight is 143 g/mol. The van der Waals surface area contributed by atoms with Crippen LogP contribution in [-0.4, -0.2) is 26.2 Å². The third-order valence-corrected chi connectivity index (χ3v) is 1.02. The van der Waals surface area contributed by atoms with Gasteiger partial charge in [0.05, 0.1) is 13.7 Å². The predicted octanol–water partition coefficient (Wildman–Crippen LogP) is 0.325. The summed E-state index contributed by atoms with van der Waals surface area (Å²) in [6.07, 6.45) is 2.67. The zero-order valence-electron chi connectivity index (χ0n) is 6.22. The summed E-state index contributed by atoms with van der Waals surface area (Å²) < 4.78 is 4.40. The molecule has 1 N–H and O–H groups in total. The lowest BCUT2D eigenvalue weighted by Gasteiger charge is -1.99. The van der Waals surface area contributed by atoms with Crippen molar-refractivity contribution in [1.82, 2.24) is 5.32 Å². The van der Waals surface area contributed by atoms with E-state index in [-0.39, 0.29) is 12.5 Å². The molecule has 3 nitrogen and oxygen atoms in total. The summed E-state index contributed by atoms with van der Waals surface area (Å²) in [6.45, 7) is 4.60. The molecule has 0 aromatic carbocycles. The SMILES string of the molecule is C=CCCNCC(=O)OC. The van der Waals surface area contributed by atoms with Crippen molar-refractivity contribution in [1.29, 1.82) is 0 Å². The second-order valence-corrected chi connectivity index (χ2v) is 1.83. The van der Waals surface area contributed by atoms with Crippen LogP contribution in [0.25, 0.3) is 0 Å². The van der Waals surface area contributed by atoms with E-state index >= 15 is 0 Å². The van der Waals surface area contributed by atoms with E-state index in [1.807, 2.05) is 0 Å². The highest BCUT2D eigenvalue weighted by Gasteiger charge is 1.95. The molecule has 0 aliphatic heterocycles. The summed E-state index contributed by atoms with van der Waals surface area (Å²) in [6, 6.07) is 0. The predicted molar refractivity (Wildman–Crippen MR) is 39.7 cm³/mol. The number of carbonyl (C=O) groups is 1. The van der Waals surface area contributed by atoms with Gasteiger partial charge in [0.15, 0.2) is 0 Å². The summed E-state index contributed by atoms with van der Waals surface area (Å²) in [5.74, 6) is -0.232. The van der Waals surface area contributed by atoms with E-state index in [0.717, 1.165) is 13.0 Å². The van der Waals surface area contributed by atoms with Crippen molar-refractivity contribution >= 4 is 5.97 Å². The fraction of sp³-hybridized carbons (Fsp3) is 0.571. The first-order valence-corrected chi connectivity index (χ1v) is 3.19. The smallest absolute Gasteiger partial charge is 0.319 e. The van der Waals surface area contributed by atoms with Crippen molar-refractivity contribution in [2.75, 3.05) is 20.2 Å². The molecular formula is C7H13NO2. The molecule has 0 aliphatic rings. The third kappa shape index (κ3) is 5.31. The van der Waals surface area contributed by atoms with Gasteiger partial charge in [-0.05, 0) is 13.0 Å². The minimum Gasteiger partial charge on any atom is -0.468 e. The summed E-state index contributed by atoms with van der Waals surface area (Å²) >= 11 is 0. The van der Waals surface area contributed by atoms with Crippen LogP contribution in [0, 0.1) is 0 Å². The van der Waals surface area contributed by atoms with Crippen LogP contribution in [0.4, 0.5) is 0 Å². The Balaban J connectivity index is 3.03. The number of esters is 1. The lowest BCUT2D eigenvalue weighted by atomic mass is 10.4. The summed E-state index contributed by atoms with van der Waals surface area (Å²) in [4.78, 5) is 10.5. The zero-order valence-corrected chi connectivity index (χ0v) is 6.22. The van der Waals surface area contributed by atoms with E-state index in [1.54, 1.807) is 6.08 Å². The molecule has 3 heteroatoms. The topological polar surface area (TPSA) is 38.3 Å². The highest BCUT2D eigenvalue weighted by molar-refractivity contribution is 5.71. The van der Waals surface area contributed by atoms with Gasteiger partial charge in [0, 0.05) is 0 Å². The Morgan fingerprint density at radius 3 is 3.00 bits per heavy atom. The molecule has 0 aliphatic carbocycles. The summed E-state index contributed by atoms with van der Waals surface area (Å²) in [5.41, 5.74) is 0. The zero-order chi connectivity index (χ0) is 7.82. The number of hydrogen-bond acceptors (Lipinski definition) is 3. The van der Waals surface area contributed by atoms with Crippen LogP contribution in [0.1, 0.15) is 6.42 Å². The number of methoxy groups -OCH3 is 1. The minimum atomic E-state index is -0.232. The van der Waals surface area contributed by atoms with Gasteiger partial charge in [0.1, 0.15) is 0 Å². The lowest BCUT2D eigenvalue weighted by Crippen LogP contribution is -2.24. The maximum atomic E-state index is 10.5. The number of carbonyl (C=O) groups excluding carboxylic acids is 1. The van der Waals surface area contributed by atoms with Gasteiger partial charge >= 0.3 is 5.97 Å². The van der Waals surface area contributed by atoms with Gasteiger partial charge in [-0.2, -0.15) is 0 Å². The minimum absolute atomic E-state index is 0.232. The fourth-order valence-corrected chi connectivity index (χ4v) is 0.467. The standard InChI is InChI=1S/C7H13NO2/c1-3-4-5-8-6-7(9)10-2/h3,8H,1,4-6H2,2H3. The molecule has 0 unspecified atom stereocenters. The van der Waals surface area contributed by atoms with E-state index in [9.17, 15) is 4.79 Å². The van der Waals surface area contributed by atoms with E-state index in [0.29, 0.717) is 0 Å². The number of nitrogens with one attached hydrogen (secondary N) is 1. The molecule has 10 heavy (non-hydrogen) atoms. The molecule has 0 radical (unpaired) electrons. The first-order valence-electron chi connectivity index (χ1n) is 3.19. The molecule has 0 heterocycles. The van der Waals surface area contributed by atoms with Gasteiger partial charge in [0.25, 0.3) is 0 Å². The van der Waals surface area contributed by atoms with Crippen molar-refractivity contribution in [3.05, 3.63) is 12.7 Å². The van der Waals surface area contributed by atoms with E-state index in [4.69, 9.17) is 0 Å². The molecule has 0 aromatic heterocycles. The quantitative estimate of drug-likeness (QED) is 0.342. The molecular weight excluding hydrogens is 130 g/mol. The molecule has 0 amide bonds. The van der Waals surface area contributed by atoms with E-state index in [1.165, 1.54) is 7.11 Å². The number of hydrogen-bond donors (Lipinski definition) is 1. The van der Waals surface area contributed by atoms with Gasteiger partial charge in [-0.3, -0.25) is 4.79 Å². The Labute approximate surface area is 61.1 Å². The Morgan fingerprint density at radius 2 is 2.50 bits per heavy atom. The van der Waals surface area contributed by atoms with Gasteiger partial charge in [-0.1, -0.05) is 6.08 Å². The van der Waals surface area contributed by atoms with Crippen LogP contribution in [0.15, 0.2) is 12.7 Å². The van der Waals surface area contributed by atoms with Crippen molar-refractivity contribution < 1.29 is 9.53 Å². The monoisotopic (exact) mass is 143 g/mol. The second kappa shape index (κ2) is 6.29. The molecule has 0 bridgehead atoms. The van der Waals surface area contributed by atoms with Crippen LogP contribution in [-0.2, 0) is 9.53 Å². The van der Waals surface area contributed by atoms with Crippen LogP contribution in [0.3, 0.4) is 0 Å². The molecule has 0 saturated heterocycles.